The lowest BCUT2D eigenvalue weighted by Gasteiger charge is -1.99. The molecule has 0 atom stereocenters. The maximum atomic E-state index is 11.9. The lowest BCUT2D eigenvalue weighted by Crippen LogP contribution is -2.05. The van der Waals surface area contributed by atoms with E-state index in [1.165, 1.54) is 0 Å². The number of esters is 1. The number of hydrogen-bond donors (Lipinski definition) is 1. The van der Waals surface area contributed by atoms with Gasteiger partial charge in [0.05, 0.1) is 11.2 Å². The van der Waals surface area contributed by atoms with Gasteiger partial charge >= 0.3 is 5.97 Å². The molecule has 0 saturated carbocycles. The van der Waals surface area contributed by atoms with Crippen LogP contribution in [0.1, 0.15) is 21.9 Å². The van der Waals surface area contributed by atoms with Gasteiger partial charge in [0.15, 0.2) is 18.1 Å². The number of rotatable bonds is 3. The smallest absolute Gasteiger partial charge is 0.359 e. The maximum absolute atomic E-state index is 11.9. The molecule has 1 aromatic carbocycles. The number of H-pyrrole nitrogens is 1. The van der Waals surface area contributed by atoms with Crippen LogP contribution in [0.15, 0.2) is 34.9 Å². The third kappa shape index (κ3) is 2.20. The summed E-state index contributed by atoms with van der Waals surface area (Å²) in [5, 5.41) is 11.2. The van der Waals surface area contributed by atoms with E-state index in [0.29, 0.717) is 5.76 Å². The SMILES string of the molecule is Cc1cc(COC(=O)c2n[nH]c3ccccc23)on1. The van der Waals surface area contributed by atoms with Crippen LogP contribution in [0.5, 0.6) is 0 Å². The van der Waals surface area contributed by atoms with Crippen LogP contribution in [0, 0.1) is 6.92 Å². The molecule has 3 rings (SSSR count). The van der Waals surface area contributed by atoms with Crippen LogP contribution in [0.25, 0.3) is 10.9 Å². The lowest BCUT2D eigenvalue weighted by molar-refractivity contribution is 0.0432. The molecule has 19 heavy (non-hydrogen) atoms. The van der Waals surface area contributed by atoms with Crippen molar-refractivity contribution in [3.8, 4) is 0 Å². The minimum Gasteiger partial charge on any atom is -0.453 e. The van der Waals surface area contributed by atoms with Gasteiger partial charge in [0, 0.05) is 11.5 Å². The van der Waals surface area contributed by atoms with Gasteiger partial charge in [-0.3, -0.25) is 5.10 Å². The summed E-state index contributed by atoms with van der Waals surface area (Å²) in [6.07, 6.45) is 0. The van der Waals surface area contributed by atoms with E-state index in [-0.39, 0.29) is 12.3 Å². The van der Waals surface area contributed by atoms with Crippen LogP contribution in [-0.2, 0) is 11.3 Å². The van der Waals surface area contributed by atoms with Gasteiger partial charge in [-0.1, -0.05) is 23.4 Å². The van der Waals surface area contributed by atoms with E-state index in [4.69, 9.17) is 9.26 Å². The van der Waals surface area contributed by atoms with Gasteiger partial charge in [0.2, 0.25) is 0 Å². The van der Waals surface area contributed by atoms with Crippen molar-refractivity contribution in [1.29, 1.82) is 0 Å². The zero-order valence-electron chi connectivity index (χ0n) is 10.2. The summed E-state index contributed by atoms with van der Waals surface area (Å²) >= 11 is 0. The van der Waals surface area contributed by atoms with Crippen LogP contribution in [0.2, 0.25) is 0 Å². The van der Waals surface area contributed by atoms with Crippen molar-refractivity contribution < 1.29 is 14.1 Å². The quantitative estimate of drug-likeness (QED) is 0.727. The van der Waals surface area contributed by atoms with Crippen molar-refractivity contribution in [2.24, 2.45) is 0 Å². The van der Waals surface area contributed by atoms with Crippen molar-refractivity contribution in [2.75, 3.05) is 0 Å². The Morgan fingerprint density at radius 1 is 1.42 bits per heavy atom. The molecule has 0 amide bonds. The molecule has 0 aliphatic heterocycles. The Kier molecular flexibility index (Phi) is 2.75. The van der Waals surface area contributed by atoms with Crippen molar-refractivity contribution in [3.63, 3.8) is 0 Å². The molecule has 0 spiro atoms. The van der Waals surface area contributed by atoms with Gasteiger partial charge in [-0.2, -0.15) is 5.10 Å². The molecule has 3 aromatic rings. The van der Waals surface area contributed by atoms with Gasteiger partial charge in [-0.05, 0) is 13.0 Å². The minimum absolute atomic E-state index is 0.0425. The van der Waals surface area contributed by atoms with Crippen LogP contribution in [0.3, 0.4) is 0 Å². The van der Waals surface area contributed by atoms with Crippen molar-refractivity contribution in [3.05, 3.63) is 47.5 Å². The predicted molar refractivity (Wildman–Crippen MR) is 66.5 cm³/mol. The minimum atomic E-state index is -0.494. The summed E-state index contributed by atoms with van der Waals surface area (Å²) < 4.78 is 10.1. The van der Waals surface area contributed by atoms with Gasteiger partial charge in [0.25, 0.3) is 0 Å². The molecule has 96 valence electrons. The second-order valence-corrected chi connectivity index (χ2v) is 4.13. The number of nitrogens with zero attached hydrogens (tertiary/aromatic N) is 2. The van der Waals surface area contributed by atoms with Crippen LogP contribution in [-0.4, -0.2) is 21.3 Å². The molecule has 2 heterocycles. The molecule has 0 fully saturated rings. The Balaban J connectivity index is 1.77. The highest BCUT2D eigenvalue weighted by molar-refractivity contribution is 6.01. The molecule has 2 aromatic heterocycles. The number of benzene rings is 1. The first-order valence-corrected chi connectivity index (χ1v) is 5.76. The molecule has 1 N–H and O–H groups in total. The molecular weight excluding hydrogens is 246 g/mol. The lowest BCUT2D eigenvalue weighted by atomic mass is 10.2. The van der Waals surface area contributed by atoms with E-state index in [2.05, 4.69) is 15.4 Å². The third-order valence-corrected chi connectivity index (χ3v) is 2.69. The molecule has 0 unspecified atom stereocenters. The zero-order valence-corrected chi connectivity index (χ0v) is 10.2. The summed E-state index contributed by atoms with van der Waals surface area (Å²) in [4.78, 5) is 11.9. The number of aryl methyl sites for hydroxylation is 1. The number of aromatic amines is 1. The molecule has 0 saturated heterocycles. The van der Waals surface area contributed by atoms with Gasteiger partial charge in [-0.15, -0.1) is 0 Å². The second kappa shape index (κ2) is 4.56. The molecule has 6 heteroatoms. The highest BCUT2D eigenvalue weighted by Gasteiger charge is 2.16. The first kappa shape index (κ1) is 11.5. The van der Waals surface area contributed by atoms with E-state index >= 15 is 0 Å². The summed E-state index contributed by atoms with van der Waals surface area (Å²) in [6.45, 7) is 1.84. The number of hydrogen-bond acceptors (Lipinski definition) is 5. The number of para-hydroxylation sites is 1. The van der Waals surface area contributed by atoms with E-state index in [1.54, 1.807) is 13.0 Å². The van der Waals surface area contributed by atoms with E-state index in [1.807, 2.05) is 24.3 Å². The highest BCUT2D eigenvalue weighted by Crippen LogP contribution is 2.16. The molecular formula is C13H11N3O3. The van der Waals surface area contributed by atoms with Crippen molar-refractivity contribution in [2.45, 2.75) is 13.5 Å². The fraction of sp³-hybridized carbons (Fsp3) is 0.154. The molecule has 0 aliphatic carbocycles. The van der Waals surface area contributed by atoms with Crippen LogP contribution >= 0.6 is 0 Å². The normalized spacial score (nSPS) is 10.8. The number of ether oxygens (including phenoxy) is 1. The first-order valence-electron chi connectivity index (χ1n) is 5.76. The fourth-order valence-electron chi connectivity index (χ4n) is 1.81. The predicted octanol–water partition coefficient (Wildman–Crippen LogP) is 2.22. The number of fused-ring (bicyclic) bond motifs is 1. The van der Waals surface area contributed by atoms with E-state index < -0.39 is 5.97 Å². The Morgan fingerprint density at radius 3 is 3.05 bits per heavy atom. The fourth-order valence-corrected chi connectivity index (χ4v) is 1.81. The highest BCUT2D eigenvalue weighted by atomic mass is 16.5. The summed E-state index contributed by atoms with van der Waals surface area (Å²) in [7, 11) is 0. The van der Waals surface area contributed by atoms with Gasteiger partial charge < -0.3 is 9.26 Å². The molecule has 0 aliphatic rings. The van der Waals surface area contributed by atoms with Crippen molar-refractivity contribution in [1.82, 2.24) is 15.4 Å². The summed E-state index contributed by atoms with van der Waals surface area (Å²) in [6, 6.07) is 9.09. The third-order valence-electron chi connectivity index (χ3n) is 2.69. The Labute approximate surface area is 108 Å². The average molecular weight is 257 g/mol. The van der Waals surface area contributed by atoms with E-state index in [0.717, 1.165) is 16.6 Å². The number of aromatic nitrogens is 3. The standard InChI is InChI=1S/C13H11N3O3/c1-8-6-9(19-16-8)7-18-13(17)12-10-4-2-3-5-11(10)14-15-12/h2-6H,7H2,1H3,(H,14,15). The largest absolute Gasteiger partial charge is 0.453 e. The summed E-state index contributed by atoms with van der Waals surface area (Å²) in [5.41, 5.74) is 1.81. The summed E-state index contributed by atoms with van der Waals surface area (Å²) in [5.74, 6) is 0.0113. The maximum Gasteiger partial charge on any atom is 0.359 e. The topological polar surface area (TPSA) is 81.0 Å². The molecule has 0 bridgehead atoms. The monoisotopic (exact) mass is 257 g/mol. The second-order valence-electron chi connectivity index (χ2n) is 4.13. The average Bonchev–Trinajstić information content (AvgIpc) is 3.02. The first-order chi connectivity index (χ1) is 9.24. The van der Waals surface area contributed by atoms with Crippen LogP contribution < -0.4 is 0 Å². The van der Waals surface area contributed by atoms with Gasteiger partial charge in [-0.25, -0.2) is 4.79 Å². The zero-order chi connectivity index (χ0) is 13.2. The van der Waals surface area contributed by atoms with Gasteiger partial charge in [0.1, 0.15) is 0 Å². The van der Waals surface area contributed by atoms with Crippen molar-refractivity contribution >= 4 is 16.9 Å². The number of carbonyl (C=O) groups is 1. The Hall–Kier alpha value is -2.63. The molecule has 6 nitrogen and oxygen atoms in total. The van der Waals surface area contributed by atoms with E-state index in [9.17, 15) is 4.79 Å². The Bertz CT molecular complexity index is 729. The molecule has 0 radical (unpaired) electrons. The van der Waals surface area contributed by atoms with Crippen LogP contribution in [0.4, 0.5) is 0 Å². The number of nitrogens with one attached hydrogen (secondary N) is 1. The Morgan fingerprint density at radius 2 is 2.26 bits per heavy atom. The number of carbonyl (C=O) groups excluding carboxylic acids is 1.